The van der Waals surface area contributed by atoms with E-state index in [-0.39, 0.29) is 17.5 Å². The topological polar surface area (TPSA) is 80.5 Å². The van der Waals surface area contributed by atoms with Gasteiger partial charge in [0.25, 0.3) is 5.69 Å². The number of benzene rings is 3. The van der Waals surface area contributed by atoms with Crippen LogP contribution in [0.5, 0.6) is 0 Å². The number of carbonyl (C=O) groups is 2. The number of carbonyl (C=O) groups excluding carboxylic acids is 2. The summed E-state index contributed by atoms with van der Waals surface area (Å²) in [4.78, 5) is 38.9. The van der Waals surface area contributed by atoms with Crippen LogP contribution in [-0.2, 0) is 9.59 Å². The number of hydrogen-bond acceptors (Lipinski definition) is 4. The van der Waals surface area contributed by atoms with Crippen LogP contribution >= 0.6 is 0 Å². The molecule has 1 saturated heterocycles. The van der Waals surface area contributed by atoms with Gasteiger partial charge in [-0.25, -0.2) is 9.29 Å². The Morgan fingerprint density at radius 3 is 1.65 bits per heavy atom. The van der Waals surface area contributed by atoms with Crippen molar-refractivity contribution in [1.29, 1.82) is 0 Å². The third-order valence-corrected chi connectivity index (χ3v) is 6.82. The van der Waals surface area contributed by atoms with Crippen molar-refractivity contribution < 1.29 is 18.9 Å². The van der Waals surface area contributed by atoms with Crippen molar-refractivity contribution in [3.8, 4) is 0 Å². The first kappa shape index (κ1) is 17.9. The molecular weight excluding hydrogens is 399 g/mol. The second-order valence-electron chi connectivity index (χ2n) is 8.17. The van der Waals surface area contributed by atoms with Gasteiger partial charge in [-0.15, -0.1) is 0 Å². The molecule has 3 aromatic rings. The third-order valence-electron chi connectivity index (χ3n) is 6.82. The maximum atomic E-state index is 13.7. The molecule has 7 rings (SSSR count). The Labute approximate surface area is 176 Å². The highest BCUT2D eigenvalue weighted by Crippen LogP contribution is 2.61. The molecule has 1 aliphatic heterocycles. The molecule has 2 atom stereocenters. The molecule has 0 unspecified atom stereocenters. The number of nitro groups is 1. The lowest BCUT2D eigenvalue weighted by molar-refractivity contribution is -0.384. The zero-order chi connectivity index (χ0) is 21.4. The Bertz CT molecular complexity index is 1200. The highest BCUT2D eigenvalue weighted by Gasteiger charge is 2.62. The normalized spacial score (nSPS) is 25.3. The average Bonchev–Trinajstić information content (AvgIpc) is 3.04. The van der Waals surface area contributed by atoms with Crippen molar-refractivity contribution in [3.63, 3.8) is 0 Å². The molecule has 0 aromatic heterocycles. The second kappa shape index (κ2) is 6.07. The molecule has 3 aliphatic carbocycles. The quantitative estimate of drug-likeness (QED) is 0.359. The first-order valence-electron chi connectivity index (χ1n) is 9.98. The summed E-state index contributed by atoms with van der Waals surface area (Å²) in [7, 11) is 0. The van der Waals surface area contributed by atoms with Crippen molar-refractivity contribution in [2.45, 2.75) is 11.8 Å². The van der Waals surface area contributed by atoms with Gasteiger partial charge in [-0.3, -0.25) is 19.7 Å². The van der Waals surface area contributed by atoms with Gasteiger partial charge >= 0.3 is 0 Å². The molecule has 2 bridgehead atoms. The summed E-state index contributed by atoms with van der Waals surface area (Å²) >= 11 is 0. The molecule has 4 aliphatic rings. The molecule has 31 heavy (non-hydrogen) atoms. The molecular formula is C24H15FN2O4. The van der Waals surface area contributed by atoms with Gasteiger partial charge < -0.3 is 0 Å². The van der Waals surface area contributed by atoms with Crippen LogP contribution in [0.15, 0.2) is 66.7 Å². The van der Waals surface area contributed by atoms with E-state index in [0.717, 1.165) is 45.4 Å². The van der Waals surface area contributed by atoms with Gasteiger partial charge in [0.05, 0.1) is 22.8 Å². The number of anilines is 1. The Hall–Kier alpha value is -3.87. The molecule has 0 saturated carbocycles. The monoisotopic (exact) mass is 414 g/mol. The summed E-state index contributed by atoms with van der Waals surface area (Å²) < 4.78 is 13.7. The summed E-state index contributed by atoms with van der Waals surface area (Å²) in [5.74, 6) is -3.63. The van der Waals surface area contributed by atoms with E-state index in [1.54, 1.807) is 0 Å². The summed E-state index contributed by atoms with van der Waals surface area (Å²) in [6, 6.07) is 18.5. The van der Waals surface area contributed by atoms with Crippen molar-refractivity contribution >= 4 is 23.2 Å². The minimum absolute atomic E-state index is 0.177. The van der Waals surface area contributed by atoms with Crippen LogP contribution in [0.2, 0.25) is 0 Å². The lowest BCUT2D eigenvalue weighted by atomic mass is 9.55. The van der Waals surface area contributed by atoms with Gasteiger partial charge in [0.2, 0.25) is 11.8 Å². The number of amides is 2. The highest BCUT2D eigenvalue weighted by molar-refractivity contribution is 6.24. The fourth-order valence-electron chi connectivity index (χ4n) is 5.75. The van der Waals surface area contributed by atoms with Gasteiger partial charge in [-0.1, -0.05) is 48.5 Å². The largest absolute Gasteiger partial charge is 0.296 e. The molecule has 3 aromatic carbocycles. The first-order valence-corrected chi connectivity index (χ1v) is 9.98. The molecule has 0 N–H and O–H groups in total. The fraction of sp³-hybridized carbons (Fsp3) is 0.167. The van der Waals surface area contributed by atoms with E-state index < -0.39 is 40.1 Å². The third kappa shape index (κ3) is 2.20. The Balaban J connectivity index is 1.57. The van der Waals surface area contributed by atoms with Crippen LogP contribution in [0.25, 0.3) is 0 Å². The number of hydrogen-bond donors (Lipinski definition) is 0. The van der Waals surface area contributed by atoms with E-state index >= 15 is 0 Å². The van der Waals surface area contributed by atoms with Crippen molar-refractivity contribution in [1.82, 2.24) is 0 Å². The van der Waals surface area contributed by atoms with E-state index in [2.05, 4.69) is 0 Å². The molecule has 6 nitrogen and oxygen atoms in total. The van der Waals surface area contributed by atoms with Crippen LogP contribution in [0.3, 0.4) is 0 Å². The molecule has 2 amide bonds. The fourth-order valence-corrected chi connectivity index (χ4v) is 5.75. The first-order chi connectivity index (χ1) is 15.0. The minimum atomic E-state index is -0.799. The number of rotatable bonds is 2. The Morgan fingerprint density at radius 2 is 1.23 bits per heavy atom. The van der Waals surface area contributed by atoms with Crippen molar-refractivity contribution in [3.05, 3.63) is 105 Å². The summed E-state index contributed by atoms with van der Waals surface area (Å²) in [5, 5.41) is 11.5. The standard InChI is InChI=1S/C24H15FN2O4/c25-12-9-10-17(18(11-12)27(30)31)26-23(28)21-19-13-5-1-2-6-14(13)20(22(21)24(26)29)16-8-4-3-7-15(16)19/h1-11,19-22H/t19?,20?,21-,22+. The van der Waals surface area contributed by atoms with Gasteiger partial charge in [-0.2, -0.15) is 0 Å². The number of imide groups is 1. The van der Waals surface area contributed by atoms with Crippen LogP contribution in [-0.4, -0.2) is 16.7 Å². The van der Waals surface area contributed by atoms with Crippen LogP contribution < -0.4 is 4.90 Å². The zero-order valence-corrected chi connectivity index (χ0v) is 16.1. The van der Waals surface area contributed by atoms with E-state index in [4.69, 9.17) is 0 Å². The average molecular weight is 414 g/mol. The van der Waals surface area contributed by atoms with Crippen molar-refractivity contribution in [2.24, 2.45) is 11.8 Å². The number of nitrogens with zero attached hydrogens (tertiary/aromatic N) is 2. The van der Waals surface area contributed by atoms with Crippen LogP contribution in [0.4, 0.5) is 15.8 Å². The molecule has 0 spiro atoms. The number of halogens is 1. The maximum Gasteiger partial charge on any atom is 0.296 e. The zero-order valence-electron chi connectivity index (χ0n) is 16.1. The van der Waals surface area contributed by atoms with Crippen molar-refractivity contribution in [2.75, 3.05) is 4.90 Å². The van der Waals surface area contributed by atoms with E-state index in [0.29, 0.717) is 0 Å². The highest BCUT2D eigenvalue weighted by atomic mass is 19.1. The maximum absolute atomic E-state index is 13.7. The minimum Gasteiger partial charge on any atom is -0.274 e. The van der Waals surface area contributed by atoms with E-state index in [1.165, 1.54) is 0 Å². The lowest BCUT2D eigenvalue weighted by Gasteiger charge is -2.45. The molecule has 152 valence electrons. The molecule has 1 fully saturated rings. The van der Waals surface area contributed by atoms with Gasteiger partial charge in [0, 0.05) is 11.8 Å². The number of nitro benzene ring substituents is 1. The lowest BCUT2D eigenvalue weighted by Crippen LogP contribution is -2.41. The van der Waals surface area contributed by atoms with Gasteiger partial charge in [0.15, 0.2) is 0 Å². The summed E-state index contributed by atoms with van der Waals surface area (Å²) in [5.41, 5.74) is 3.30. The van der Waals surface area contributed by atoms with Gasteiger partial charge in [0.1, 0.15) is 11.5 Å². The second-order valence-corrected chi connectivity index (χ2v) is 8.17. The van der Waals surface area contributed by atoms with Gasteiger partial charge in [-0.05, 0) is 34.4 Å². The Morgan fingerprint density at radius 1 is 0.774 bits per heavy atom. The van der Waals surface area contributed by atoms with Crippen LogP contribution in [0, 0.1) is 27.8 Å². The van der Waals surface area contributed by atoms with Crippen LogP contribution in [0.1, 0.15) is 34.1 Å². The predicted molar refractivity (Wildman–Crippen MR) is 109 cm³/mol. The molecule has 1 heterocycles. The smallest absolute Gasteiger partial charge is 0.274 e. The van der Waals surface area contributed by atoms with E-state index in [1.807, 2.05) is 48.5 Å². The SMILES string of the molecule is O=C1[C@@H]2C3c4ccccc4C(c4ccccc43)[C@@H]2C(=O)N1c1ccc(F)cc1[N+](=O)[O-]. The predicted octanol–water partition coefficient (Wildman–Crippen LogP) is 4.13. The summed E-state index contributed by atoms with van der Waals surface area (Å²) in [6.45, 7) is 0. The van der Waals surface area contributed by atoms with E-state index in [9.17, 15) is 24.1 Å². The molecule has 0 radical (unpaired) electrons. The Kier molecular flexibility index (Phi) is 3.51. The molecule has 7 heteroatoms. The summed E-state index contributed by atoms with van der Waals surface area (Å²) in [6.07, 6.45) is 0.